The molecule has 1 heterocycles. The first-order valence-corrected chi connectivity index (χ1v) is 10.8. The third kappa shape index (κ3) is 3.79. The molecule has 3 aromatic carbocycles. The van der Waals surface area contributed by atoms with Crippen molar-refractivity contribution < 1.29 is 13.2 Å². The van der Waals surface area contributed by atoms with Gasteiger partial charge in [0.25, 0.3) is 5.91 Å². The summed E-state index contributed by atoms with van der Waals surface area (Å²) in [4.78, 5) is 12.6. The summed E-state index contributed by atoms with van der Waals surface area (Å²) in [6, 6.07) is 22.0. The van der Waals surface area contributed by atoms with Crippen LogP contribution in [0.15, 0.2) is 77.7 Å². The van der Waals surface area contributed by atoms with Gasteiger partial charge in [0.1, 0.15) is 0 Å². The summed E-state index contributed by atoms with van der Waals surface area (Å²) >= 11 is 0. The van der Waals surface area contributed by atoms with Crippen LogP contribution in [0.3, 0.4) is 0 Å². The highest BCUT2D eigenvalue weighted by molar-refractivity contribution is 7.89. The molecule has 1 fully saturated rings. The van der Waals surface area contributed by atoms with Gasteiger partial charge in [-0.15, -0.1) is 0 Å². The minimum Gasteiger partial charge on any atom is -0.349 e. The van der Waals surface area contributed by atoms with Crippen LogP contribution in [0.4, 0.5) is 0 Å². The molecule has 0 atom stereocenters. The number of sulfonamides is 1. The highest BCUT2D eigenvalue weighted by Gasteiger charge is 2.30. The zero-order valence-corrected chi connectivity index (χ0v) is 16.2. The van der Waals surface area contributed by atoms with Gasteiger partial charge in [-0.2, -0.15) is 4.31 Å². The molecule has 1 N–H and O–H groups in total. The maximum Gasteiger partial charge on any atom is 0.251 e. The summed E-state index contributed by atoms with van der Waals surface area (Å²) in [5, 5.41) is 4.94. The second-order valence-electron chi connectivity index (χ2n) is 7.03. The fraction of sp³-hybridized carbons (Fsp3) is 0.227. The van der Waals surface area contributed by atoms with Crippen molar-refractivity contribution in [2.75, 3.05) is 13.1 Å². The number of rotatable bonds is 4. The van der Waals surface area contributed by atoms with Gasteiger partial charge in [0.15, 0.2) is 0 Å². The first kappa shape index (κ1) is 18.7. The lowest BCUT2D eigenvalue weighted by molar-refractivity contribution is 0.0924. The van der Waals surface area contributed by atoms with Crippen LogP contribution in [-0.4, -0.2) is 37.8 Å². The minimum absolute atomic E-state index is 0.0178. The van der Waals surface area contributed by atoms with Crippen LogP contribution in [0, 0.1) is 0 Å². The molecule has 1 aliphatic heterocycles. The summed E-state index contributed by atoms with van der Waals surface area (Å²) in [7, 11) is -3.54. The molecule has 0 unspecified atom stereocenters. The van der Waals surface area contributed by atoms with E-state index in [-0.39, 0.29) is 11.9 Å². The molecule has 5 nitrogen and oxygen atoms in total. The summed E-state index contributed by atoms with van der Waals surface area (Å²) in [5.41, 5.74) is 0.619. The Morgan fingerprint density at radius 3 is 2.21 bits per heavy atom. The molecule has 0 radical (unpaired) electrons. The highest BCUT2D eigenvalue weighted by atomic mass is 32.2. The van der Waals surface area contributed by atoms with E-state index in [1.807, 2.05) is 48.5 Å². The first-order valence-electron chi connectivity index (χ1n) is 9.39. The van der Waals surface area contributed by atoms with Crippen molar-refractivity contribution in [3.05, 3.63) is 78.4 Å². The minimum atomic E-state index is -3.54. The molecule has 1 amide bonds. The Hall–Kier alpha value is -2.70. The second kappa shape index (κ2) is 7.73. The fourth-order valence-electron chi connectivity index (χ4n) is 3.58. The third-order valence-electron chi connectivity index (χ3n) is 5.18. The summed E-state index contributed by atoms with van der Waals surface area (Å²) in [5.74, 6) is -0.114. The van der Waals surface area contributed by atoms with Gasteiger partial charge in [-0.05, 0) is 47.9 Å². The largest absolute Gasteiger partial charge is 0.349 e. The number of benzene rings is 3. The number of piperidine rings is 1. The Morgan fingerprint density at radius 2 is 1.50 bits per heavy atom. The number of fused-ring (bicyclic) bond motifs is 1. The summed E-state index contributed by atoms with van der Waals surface area (Å²) < 4.78 is 27.6. The van der Waals surface area contributed by atoms with E-state index in [1.54, 1.807) is 24.3 Å². The Kier molecular flexibility index (Phi) is 5.15. The predicted octanol–water partition coefficient (Wildman–Crippen LogP) is 3.42. The maximum absolute atomic E-state index is 13.0. The normalized spacial score (nSPS) is 16.1. The molecule has 0 aliphatic carbocycles. The molecule has 1 aliphatic rings. The van der Waals surface area contributed by atoms with E-state index < -0.39 is 10.0 Å². The standard InChI is InChI=1S/C22H22N2O3S/c25-22(18-7-2-1-3-8-18)23-20-12-14-24(15-13-20)28(26,27)21-11-10-17-6-4-5-9-19(17)16-21/h1-11,16,20H,12-15H2,(H,23,25). The van der Waals surface area contributed by atoms with Crippen LogP contribution >= 0.6 is 0 Å². The van der Waals surface area contributed by atoms with Crippen molar-refractivity contribution >= 4 is 26.7 Å². The number of hydrogen-bond acceptors (Lipinski definition) is 3. The van der Waals surface area contributed by atoms with Gasteiger partial charge >= 0.3 is 0 Å². The number of carbonyl (C=O) groups is 1. The zero-order chi connectivity index (χ0) is 19.6. The topological polar surface area (TPSA) is 66.5 Å². The van der Waals surface area contributed by atoms with E-state index in [1.165, 1.54) is 4.31 Å². The second-order valence-corrected chi connectivity index (χ2v) is 8.96. The summed E-state index contributed by atoms with van der Waals surface area (Å²) in [6.45, 7) is 0.795. The summed E-state index contributed by atoms with van der Waals surface area (Å²) in [6.07, 6.45) is 1.21. The number of amides is 1. The van der Waals surface area contributed by atoms with Gasteiger partial charge < -0.3 is 5.32 Å². The van der Waals surface area contributed by atoms with Gasteiger partial charge in [0, 0.05) is 24.7 Å². The quantitative estimate of drug-likeness (QED) is 0.737. The van der Waals surface area contributed by atoms with E-state index in [9.17, 15) is 13.2 Å². The van der Waals surface area contributed by atoms with Crippen molar-refractivity contribution in [1.29, 1.82) is 0 Å². The number of nitrogens with one attached hydrogen (secondary N) is 1. The number of nitrogens with zero attached hydrogens (tertiary/aromatic N) is 1. The highest BCUT2D eigenvalue weighted by Crippen LogP contribution is 2.24. The Bertz CT molecular complexity index is 1090. The molecule has 0 spiro atoms. The SMILES string of the molecule is O=C(NC1CCN(S(=O)(=O)c2ccc3ccccc3c2)CC1)c1ccccc1. The fourth-order valence-corrected chi connectivity index (χ4v) is 5.08. The van der Waals surface area contributed by atoms with Crippen LogP contribution in [0.5, 0.6) is 0 Å². The first-order chi connectivity index (χ1) is 13.5. The van der Waals surface area contributed by atoms with Gasteiger partial charge in [-0.25, -0.2) is 8.42 Å². The lowest BCUT2D eigenvalue weighted by Crippen LogP contribution is -2.46. The van der Waals surface area contributed by atoms with Crippen LogP contribution in [0.1, 0.15) is 23.2 Å². The molecule has 0 aromatic heterocycles. The lowest BCUT2D eigenvalue weighted by Gasteiger charge is -2.31. The van der Waals surface area contributed by atoms with Crippen molar-refractivity contribution in [1.82, 2.24) is 9.62 Å². The van der Waals surface area contributed by atoms with Crippen LogP contribution in [0.2, 0.25) is 0 Å². The maximum atomic E-state index is 13.0. The Morgan fingerprint density at radius 1 is 0.857 bits per heavy atom. The Labute approximate surface area is 165 Å². The Balaban J connectivity index is 1.43. The van der Waals surface area contributed by atoms with E-state index in [0.717, 1.165) is 10.8 Å². The molecule has 144 valence electrons. The average molecular weight is 394 g/mol. The molecule has 0 saturated carbocycles. The van der Waals surface area contributed by atoms with Gasteiger partial charge in [0.2, 0.25) is 10.0 Å². The third-order valence-corrected chi connectivity index (χ3v) is 7.08. The van der Waals surface area contributed by atoms with Crippen LogP contribution in [0.25, 0.3) is 10.8 Å². The van der Waals surface area contributed by atoms with Crippen LogP contribution in [-0.2, 0) is 10.0 Å². The van der Waals surface area contributed by atoms with E-state index in [0.29, 0.717) is 36.4 Å². The van der Waals surface area contributed by atoms with E-state index in [2.05, 4.69) is 5.32 Å². The smallest absolute Gasteiger partial charge is 0.251 e. The van der Waals surface area contributed by atoms with Crippen molar-refractivity contribution in [3.63, 3.8) is 0 Å². The van der Waals surface area contributed by atoms with Gasteiger partial charge in [-0.3, -0.25) is 4.79 Å². The predicted molar refractivity (Wildman–Crippen MR) is 110 cm³/mol. The van der Waals surface area contributed by atoms with Crippen molar-refractivity contribution in [2.45, 2.75) is 23.8 Å². The molecule has 28 heavy (non-hydrogen) atoms. The molecule has 6 heteroatoms. The van der Waals surface area contributed by atoms with E-state index in [4.69, 9.17) is 0 Å². The van der Waals surface area contributed by atoms with Gasteiger partial charge in [-0.1, -0.05) is 48.5 Å². The monoisotopic (exact) mass is 394 g/mol. The van der Waals surface area contributed by atoms with Crippen molar-refractivity contribution in [2.24, 2.45) is 0 Å². The zero-order valence-electron chi connectivity index (χ0n) is 15.4. The average Bonchev–Trinajstić information content (AvgIpc) is 2.74. The van der Waals surface area contributed by atoms with Gasteiger partial charge in [0.05, 0.1) is 4.90 Å². The molecular weight excluding hydrogens is 372 g/mol. The molecule has 0 bridgehead atoms. The van der Waals surface area contributed by atoms with Crippen molar-refractivity contribution in [3.8, 4) is 0 Å². The molecule has 1 saturated heterocycles. The molecule has 3 aromatic rings. The van der Waals surface area contributed by atoms with E-state index >= 15 is 0 Å². The molecule has 4 rings (SSSR count). The van der Waals surface area contributed by atoms with Crippen LogP contribution < -0.4 is 5.32 Å². The number of hydrogen-bond donors (Lipinski definition) is 1. The number of carbonyl (C=O) groups excluding carboxylic acids is 1. The lowest BCUT2D eigenvalue weighted by atomic mass is 10.1. The molecular formula is C22H22N2O3S.